The van der Waals surface area contributed by atoms with Gasteiger partial charge in [-0.05, 0) is 28.3 Å². The summed E-state index contributed by atoms with van der Waals surface area (Å²) in [6.45, 7) is 7.92. The average molecular weight is 463 g/mol. The molecular formula is C31H46OSi. The molecule has 0 atom stereocenters. The highest BCUT2D eigenvalue weighted by Gasteiger charge is 2.49. The fraction of sp³-hybridized carbons (Fsp3) is 0.548. The van der Waals surface area contributed by atoms with Gasteiger partial charge in [-0.15, -0.1) is 12.3 Å². The summed E-state index contributed by atoms with van der Waals surface area (Å²) in [5.74, 6) is 2.73. The van der Waals surface area contributed by atoms with E-state index in [1.54, 1.807) is 0 Å². The summed E-state index contributed by atoms with van der Waals surface area (Å²) in [4.78, 5) is 0. The fourth-order valence-electron chi connectivity index (χ4n) is 4.91. The number of terminal acetylenes is 1. The van der Waals surface area contributed by atoms with Gasteiger partial charge in [0.2, 0.25) is 0 Å². The first-order valence-corrected chi connectivity index (χ1v) is 15.1. The van der Waals surface area contributed by atoms with E-state index in [-0.39, 0.29) is 5.04 Å². The Hall–Kier alpha value is -1.82. The predicted molar refractivity (Wildman–Crippen MR) is 148 cm³/mol. The van der Waals surface area contributed by atoms with Crippen LogP contribution in [0.15, 0.2) is 60.7 Å². The van der Waals surface area contributed by atoms with E-state index in [1.807, 2.05) is 0 Å². The van der Waals surface area contributed by atoms with Crippen molar-refractivity contribution in [2.24, 2.45) is 0 Å². The second-order valence-electron chi connectivity index (χ2n) is 10.4. The maximum atomic E-state index is 6.99. The van der Waals surface area contributed by atoms with Crippen molar-refractivity contribution in [3.05, 3.63) is 60.7 Å². The minimum atomic E-state index is -2.36. The molecule has 2 aromatic carbocycles. The lowest BCUT2D eigenvalue weighted by atomic mass is 10.1. The summed E-state index contributed by atoms with van der Waals surface area (Å²) in [7, 11) is -2.36. The van der Waals surface area contributed by atoms with Crippen LogP contribution >= 0.6 is 0 Å². The Morgan fingerprint density at radius 3 is 1.42 bits per heavy atom. The monoisotopic (exact) mass is 462 g/mol. The molecule has 0 aliphatic carbocycles. The molecule has 0 fully saturated rings. The van der Waals surface area contributed by atoms with E-state index >= 15 is 0 Å². The minimum absolute atomic E-state index is 0.0660. The molecule has 33 heavy (non-hydrogen) atoms. The molecule has 0 unspecified atom stereocenters. The van der Waals surface area contributed by atoms with Gasteiger partial charge in [-0.2, -0.15) is 0 Å². The van der Waals surface area contributed by atoms with Crippen molar-refractivity contribution in [2.45, 2.75) is 103 Å². The molecule has 0 amide bonds. The highest BCUT2D eigenvalue weighted by Crippen LogP contribution is 2.36. The van der Waals surface area contributed by atoms with Crippen molar-refractivity contribution in [2.75, 3.05) is 6.61 Å². The highest BCUT2D eigenvalue weighted by molar-refractivity contribution is 6.99. The van der Waals surface area contributed by atoms with Crippen molar-refractivity contribution < 1.29 is 4.43 Å². The number of unbranched alkanes of at least 4 members (excludes halogenated alkanes) is 11. The summed E-state index contributed by atoms with van der Waals surface area (Å²) in [6.07, 6.45) is 20.7. The van der Waals surface area contributed by atoms with Crippen molar-refractivity contribution >= 4 is 18.7 Å². The topological polar surface area (TPSA) is 9.23 Å². The van der Waals surface area contributed by atoms with E-state index in [2.05, 4.69) is 87.4 Å². The summed E-state index contributed by atoms with van der Waals surface area (Å²) >= 11 is 0. The zero-order chi connectivity index (χ0) is 23.8. The van der Waals surface area contributed by atoms with Crippen LogP contribution in [0, 0.1) is 12.3 Å². The molecular weight excluding hydrogens is 416 g/mol. The first-order valence-electron chi connectivity index (χ1n) is 13.2. The second-order valence-corrected chi connectivity index (χ2v) is 14.7. The first kappa shape index (κ1) is 27.4. The van der Waals surface area contributed by atoms with Gasteiger partial charge in [-0.3, -0.25) is 0 Å². The van der Waals surface area contributed by atoms with Crippen LogP contribution in [0.2, 0.25) is 5.04 Å². The van der Waals surface area contributed by atoms with Crippen LogP contribution in [0.3, 0.4) is 0 Å². The van der Waals surface area contributed by atoms with Crippen molar-refractivity contribution in [3.63, 3.8) is 0 Å². The van der Waals surface area contributed by atoms with Crippen LogP contribution in [0.5, 0.6) is 0 Å². The van der Waals surface area contributed by atoms with E-state index in [4.69, 9.17) is 10.8 Å². The summed E-state index contributed by atoms with van der Waals surface area (Å²) < 4.78 is 6.99. The Labute approximate surface area is 205 Å². The molecule has 0 radical (unpaired) electrons. The zero-order valence-corrected chi connectivity index (χ0v) is 22.5. The van der Waals surface area contributed by atoms with Gasteiger partial charge in [0.25, 0.3) is 8.32 Å². The third-order valence-corrected chi connectivity index (χ3v) is 11.7. The van der Waals surface area contributed by atoms with Crippen molar-refractivity contribution in [3.8, 4) is 12.3 Å². The maximum Gasteiger partial charge on any atom is 0.261 e. The molecule has 2 aromatic rings. The average Bonchev–Trinajstić information content (AvgIpc) is 2.82. The summed E-state index contributed by atoms with van der Waals surface area (Å²) in [5, 5.41) is 2.82. The molecule has 2 heteroatoms. The number of hydrogen-bond acceptors (Lipinski definition) is 1. The highest BCUT2D eigenvalue weighted by atomic mass is 28.4. The molecule has 0 saturated carbocycles. The number of rotatable bonds is 16. The Morgan fingerprint density at radius 1 is 0.636 bits per heavy atom. The molecule has 0 N–H and O–H groups in total. The van der Waals surface area contributed by atoms with E-state index in [1.165, 1.54) is 74.6 Å². The lowest BCUT2D eigenvalue weighted by molar-refractivity contribution is 0.286. The zero-order valence-electron chi connectivity index (χ0n) is 21.5. The van der Waals surface area contributed by atoms with Crippen LogP contribution in [-0.2, 0) is 4.43 Å². The second kappa shape index (κ2) is 15.2. The Morgan fingerprint density at radius 2 is 1.03 bits per heavy atom. The third-order valence-electron chi connectivity index (χ3n) is 6.70. The van der Waals surface area contributed by atoms with Crippen LogP contribution in [-0.4, -0.2) is 14.9 Å². The number of hydrogen-bond donors (Lipinski definition) is 0. The largest absolute Gasteiger partial charge is 0.407 e. The summed E-state index contributed by atoms with van der Waals surface area (Å²) in [5.41, 5.74) is 0. The summed E-state index contributed by atoms with van der Waals surface area (Å²) in [6, 6.07) is 22.0. The van der Waals surface area contributed by atoms with Gasteiger partial charge in [-0.1, -0.05) is 139 Å². The lowest BCUT2D eigenvalue weighted by Gasteiger charge is -2.43. The molecule has 0 aromatic heterocycles. The molecule has 0 aliphatic heterocycles. The standard InChI is InChI=1S/C31H46OSi/c1-5-6-7-8-9-10-11-12-13-14-15-16-23-28-32-33(31(2,3)4,29-24-19-17-20-25-29)30-26-21-18-22-27-30/h1,17-22,24-27H,6-16,23,28H2,2-4H3. The van der Waals surface area contributed by atoms with Crippen LogP contribution in [0.4, 0.5) is 0 Å². The minimum Gasteiger partial charge on any atom is -0.407 e. The van der Waals surface area contributed by atoms with E-state index in [9.17, 15) is 0 Å². The fourth-order valence-corrected chi connectivity index (χ4v) is 9.51. The van der Waals surface area contributed by atoms with Gasteiger partial charge in [-0.25, -0.2) is 0 Å². The molecule has 2 rings (SSSR count). The van der Waals surface area contributed by atoms with Gasteiger partial charge >= 0.3 is 0 Å². The first-order chi connectivity index (χ1) is 16.0. The molecule has 0 spiro atoms. The van der Waals surface area contributed by atoms with Gasteiger partial charge in [0.1, 0.15) is 0 Å². The SMILES string of the molecule is C#CCCCCCCCCCCCCCO[Si](c1ccccc1)(c1ccccc1)C(C)(C)C. The van der Waals surface area contributed by atoms with Crippen LogP contribution in [0.1, 0.15) is 97.8 Å². The predicted octanol–water partition coefficient (Wildman–Crippen LogP) is 7.88. The van der Waals surface area contributed by atoms with Crippen molar-refractivity contribution in [1.82, 2.24) is 0 Å². The molecule has 0 heterocycles. The molecule has 0 aliphatic rings. The van der Waals surface area contributed by atoms with E-state index < -0.39 is 8.32 Å². The Kier molecular flexibility index (Phi) is 12.6. The smallest absolute Gasteiger partial charge is 0.261 e. The van der Waals surface area contributed by atoms with E-state index in [0.717, 1.165) is 19.4 Å². The van der Waals surface area contributed by atoms with E-state index in [0.29, 0.717) is 0 Å². The molecule has 1 nitrogen and oxygen atoms in total. The van der Waals surface area contributed by atoms with Crippen LogP contribution in [0.25, 0.3) is 0 Å². The van der Waals surface area contributed by atoms with Gasteiger partial charge in [0, 0.05) is 13.0 Å². The van der Waals surface area contributed by atoms with Crippen molar-refractivity contribution in [1.29, 1.82) is 0 Å². The molecule has 0 saturated heterocycles. The quantitative estimate of drug-likeness (QED) is 0.140. The van der Waals surface area contributed by atoms with Gasteiger partial charge in [0.15, 0.2) is 0 Å². The third kappa shape index (κ3) is 8.80. The van der Waals surface area contributed by atoms with Crippen LogP contribution < -0.4 is 10.4 Å². The lowest BCUT2D eigenvalue weighted by Crippen LogP contribution is -2.66. The van der Waals surface area contributed by atoms with Gasteiger partial charge in [0.05, 0.1) is 0 Å². The normalized spacial score (nSPS) is 11.9. The number of benzene rings is 2. The van der Waals surface area contributed by atoms with Gasteiger partial charge < -0.3 is 4.43 Å². The molecule has 180 valence electrons. The Bertz CT molecular complexity index is 746. The maximum absolute atomic E-state index is 6.99. The molecule has 0 bridgehead atoms. The Balaban J connectivity index is 1.78.